The Bertz CT molecular complexity index is 1170. The molecule has 0 radical (unpaired) electrons. The van der Waals surface area contributed by atoms with Crippen LogP contribution in [0.1, 0.15) is 49.8 Å². The number of rotatable bonds is 12. The number of nitrogens with one attached hydrogen (secondary N) is 1. The maximum atomic E-state index is 13.6. The average molecular weight is 542 g/mol. The quantitative estimate of drug-likeness (QED) is 0.279. The fraction of sp³-hybridized carbons (Fsp3) is 0.333. The molecule has 0 spiro atoms. The molecule has 1 atom stereocenters. The highest BCUT2D eigenvalue weighted by Gasteiger charge is 2.31. The Morgan fingerprint density at radius 2 is 1.68 bits per heavy atom. The Labute approximate surface area is 229 Å². The van der Waals surface area contributed by atoms with Crippen molar-refractivity contribution in [2.45, 2.75) is 52.1 Å². The van der Waals surface area contributed by atoms with Crippen molar-refractivity contribution in [3.05, 3.63) is 99.5 Å². The first kappa shape index (κ1) is 28.5. The van der Waals surface area contributed by atoms with Gasteiger partial charge in [-0.25, -0.2) is 0 Å². The van der Waals surface area contributed by atoms with E-state index in [1.807, 2.05) is 61.5 Å². The molecule has 1 N–H and O–H groups in total. The summed E-state index contributed by atoms with van der Waals surface area (Å²) in [7, 11) is 0. The summed E-state index contributed by atoms with van der Waals surface area (Å²) in [6.45, 7) is 6.68. The van der Waals surface area contributed by atoms with E-state index in [-0.39, 0.29) is 25.0 Å². The van der Waals surface area contributed by atoms with Crippen LogP contribution in [0.3, 0.4) is 0 Å². The average Bonchev–Trinajstić information content (AvgIpc) is 2.89. The topological polar surface area (TPSA) is 58.6 Å². The normalized spacial score (nSPS) is 11.7. The van der Waals surface area contributed by atoms with Gasteiger partial charge in [0.2, 0.25) is 5.91 Å². The minimum absolute atomic E-state index is 0.140. The molecule has 0 saturated carbocycles. The van der Waals surface area contributed by atoms with Gasteiger partial charge in [0.1, 0.15) is 11.8 Å². The molecule has 0 heterocycles. The van der Waals surface area contributed by atoms with Crippen LogP contribution in [0.25, 0.3) is 0 Å². The molecular weight excluding hydrogens is 507 g/mol. The van der Waals surface area contributed by atoms with Gasteiger partial charge in [0.25, 0.3) is 5.91 Å². The van der Waals surface area contributed by atoms with Crippen LogP contribution in [0.15, 0.2) is 72.8 Å². The second-order valence-electron chi connectivity index (χ2n) is 9.27. The molecule has 0 aliphatic heterocycles. The highest BCUT2D eigenvalue weighted by molar-refractivity contribution is 6.35. The lowest BCUT2D eigenvalue weighted by atomic mass is 10.0. The van der Waals surface area contributed by atoms with E-state index in [9.17, 15) is 9.59 Å². The molecule has 2 amide bonds. The fourth-order valence-electron chi connectivity index (χ4n) is 3.93. The van der Waals surface area contributed by atoms with Gasteiger partial charge in [0.05, 0.1) is 0 Å². The lowest BCUT2D eigenvalue weighted by Gasteiger charge is -2.31. The van der Waals surface area contributed by atoms with E-state index < -0.39 is 6.04 Å². The predicted molar refractivity (Wildman–Crippen MR) is 150 cm³/mol. The first-order chi connectivity index (χ1) is 17.8. The first-order valence-corrected chi connectivity index (χ1v) is 13.3. The smallest absolute Gasteiger partial charge is 0.261 e. The summed E-state index contributed by atoms with van der Waals surface area (Å²) >= 11 is 12.6. The molecule has 5 nitrogen and oxygen atoms in total. The summed E-state index contributed by atoms with van der Waals surface area (Å²) < 4.78 is 5.85. The van der Waals surface area contributed by atoms with E-state index in [4.69, 9.17) is 27.9 Å². The number of benzene rings is 3. The van der Waals surface area contributed by atoms with Gasteiger partial charge in [-0.2, -0.15) is 0 Å². The summed E-state index contributed by atoms with van der Waals surface area (Å²) in [5.41, 5.74) is 2.83. The van der Waals surface area contributed by atoms with Gasteiger partial charge in [-0.3, -0.25) is 9.59 Å². The number of nitrogens with zero attached hydrogens (tertiary/aromatic N) is 1. The van der Waals surface area contributed by atoms with E-state index in [2.05, 4.69) is 19.2 Å². The molecule has 0 aliphatic carbocycles. The van der Waals surface area contributed by atoms with Crippen LogP contribution in [0.2, 0.25) is 10.0 Å². The first-order valence-electron chi connectivity index (χ1n) is 12.6. The lowest BCUT2D eigenvalue weighted by molar-refractivity contribution is -0.142. The molecule has 0 saturated heterocycles. The van der Waals surface area contributed by atoms with E-state index in [1.54, 1.807) is 23.1 Å². The van der Waals surface area contributed by atoms with Gasteiger partial charge >= 0.3 is 0 Å². The maximum Gasteiger partial charge on any atom is 0.261 e. The SMILES string of the molecule is CCCNC(=O)[C@H](Cc1ccccc1)N(Cc1ccc(Cl)cc1Cl)C(=O)COc1ccc(C(C)C)cc1. The predicted octanol–water partition coefficient (Wildman–Crippen LogP) is 6.66. The zero-order chi connectivity index (χ0) is 26.8. The Morgan fingerprint density at radius 1 is 0.973 bits per heavy atom. The van der Waals surface area contributed by atoms with Crippen LogP contribution in [-0.4, -0.2) is 35.9 Å². The molecule has 3 aromatic carbocycles. The highest BCUT2D eigenvalue weighted by Crippen LogP contribution is 2.25. The highest BCUT2D eigenvalue weighted by atomic mass is 35.5. The Kier molecular flexibility index (Phi) is 10.8. The summed E-state index contributed by atoms with van der Waals surface area (Å²) in [6, 6.07) is 21.7. The van der Waals surface area contributed by atoms with Crippen molar-refractivity contribution in [1.29, 1.82) is 0 Å². The Hall–Kier alpha value is -3.02. The second-order valence-corrected chi connectivity index (χ2v) is 10.1. The van der Waals surface area contributed by atoms with Gasteiger partial charge in [-0.1, -0.05) is 92.5 Å². The number of carbonyl (C=O) groups is 2. The number of ether oxygens (including phenoxy) is 1. The van der Waals surface area contributed by atoms with Crippen molar-refractivity contribution in [2.24, 2.45) is 0 Å². The van der Waals surface area contributed by atoms with Crippen molar-refractivity contribution < 1.29 is 14.3 Å². The largest absolute Gasteiger partial charge is 0.484 e. The van der Waals surface area contributed by atoms with Gasteiger partial charge in [0, 0.05) is 29.6 Å². The van der Waals surface area contributed by atoms with Crippen LogP contribution in [-0.2, 0) is 22.6 Å². The summed E-state index contributed by atoms with van der Waals surface area (Å²) in [6.07, 6.45) is 1.15. The Balaban J connectivity index is 1.89. The number of hydrogen-bond acceptors (Lipinski definition) is 3. The lowest BCUT2D eigenvalue weighted by Crippen LogP contribution is -2.51. The molecule has 0 aromatic heterocycles. The minimum Gasteiger partial charge on any atom is -0.484 e. The van der Waals surface area contributed by atoms with Crippen LogP contribution in [0.5, 0.6) is 5.75 Å². The van der Waals surface area contributed by atoms with E-state index in [0.29, 0.717) is 40.2 Å². The molecule has 0 unspecified atom stereocenters. The van der Waals surface area contributed by atoms with Crippen molar-refractivity contribution in [2.75, 3.05) is 13.2 Å². The number of hydrogen-bond donors (Lipinski definition) is 1. The van der Waals surface area contributed by atoms with Crippen molar-refractivity contribution >= 4 is 35.0 Å². The maximum absolute atomic E-state index is 13.6. The summed E-state index contributed by atoms with van der Waals surface area (Å²) in [5, 5.41) is 3.89. The fourth-order valence-corrected chi connectivity index (χ4v) is 4.40. The van der Waals surface area contributed by atoms with Crippen LogP contribution in [0, 0.1) is 0 Å². The van der Waals surface area contributed by atoms with E-state index >= 15 is 0 Å². The van der Waals surface area contributed by atoms with Gasteiger partial charge < -0.3 is 15.0 Å². The van der Waals surface area contributed by atoms with Gasteiger partial charge in [0.15, 0.2) is 6.61 Å². The molecule has 37 heavy (non-hydrogen) atoms. The summed E-state index contributed by atoms with van der Waals surface area (Å²) in [5.74, 6) is 0.463. The molecular formula is C30H34Cl2N2O3. The third-order valence-corrected chi connectivity index (χ3v) is 6.67. The summed E-state index contributed by atoms with van der Waals surface area (Å²) in [4.78, 5) is 28.5. The second kappa shape index (κ2) is 14.1. The van der Waals surface area contributed by atoms with Crippen molar-refractivity contribution in [3.8, 4) is 5.75 Å². The monoisotopic (exact) mass is 540 g/mol. The zero-order valence-corrected chi connectivity index (χ0v) is 23.1. The molecule has 3 aromatic rings. The standard InChI is InChI=1S/C30H34Cl2N2O3/c1-4-16-33-30(36)28(17-22-8-6-5-7-9-22)34(19-24-10-13-25(31)18-27(24)32)29(35)20-37-26-14-11-23(12-15-26)21(2)3/h5-15,18,21,28H,4,16-17,19-20H2,1-3H3,(H,33,36)/t28-/m0/s1. The minimum atomic E-state index is -0.750. The van der Waals surface area contributed by atoms with Gasteiger partial charge in [-0.05, 0) is 53.3 Å². The molecule has 0 bridgehead atoms. The molecule has 3 rings (SSSR count). The molecule has 7 heteroatoms. The van der Waals surface area contributed by atoms with Crippen molar-refractivity contribution in [3.63, 3.8) is 0 Å². The Morgan fingerprint density at radius 3 is 2.30 bits per heavy atom. The third kappa shape index (κ3) is 8.51. The van der Waals surface area contributed by atoms with Crippen LogP contribution in [0.4, 0.5) is 0 Å². The third-order valence-electron chi connectivity index (χ3n) is 6.09. The zero-order valence-electron chi connectivity index (χ0n) is 21.5. The van der Waals surface area contributed by atoms with Gasteiger partial charge in [-0.15, -0.1) is 0 Å². The number of carbonyl (C=O) groups excluding carboxylic acids is 2. The molecule has 0 fully saturated rings. The number of halogens is 2. The van der Waals surface area contributed by atoms with E-state index in [1.165, 1.54) is 5.56 Å². The van der Waals surface area contributed by atoms with E-state index in [0.717, 1.165) is 12.0 Å². The molecule has 0 aliphatic rings. The molecule has 196 valence electrons. The van der Waals surface area contributed by atoms with Crippen LogP contribution >= 0.6 is 23.2 Å². The van der Waals surface area contributed by atoms with Crippen molar-refractivity contribution in [1.82, 2.24) is 10.2 Å². The number of amides is 2. The van der Waals surface area contributed by atoms with Crippen LogP contribution < -0.4 is 10.1 Å².